The lowest BCUT2D eigenvalue weighted by Gasteiger charge is -2.13. The molecule has 0 heterocycles. The number of nitriles is 1. The van der Waals surface area contributed by atoms with E-state index in [-0.39, 0.29) is 12.1 Å². The molecule has 0 spiro atoms. The number of carbonyl (C=O) groups excluding carboxylic acids is 1. The lowest BCUT2D eigenvalue weighted by atomic mass is 10.2. The number of benzene rings is 2. The van der Waals surface area contributed by atoms with Crippen LogP contribution in [0.25, 0.3) is 0 Å². The van der Waals surface area contributed by atoms with E-state index in [4.69, 9.17) is 11.6 Å². The van der Waals surface area contributed by atoms with Crippen LogP contribution in [0.3, 0.4) is 0 Å². The first-order chi connectivity index (χ1) is 12.0. The summed E-state index contributed by atoms with van der Waals surface area (Å²) in [5, 5.41) is 15.5. The predicted molar refractivity (Wildman–Crippen MR) is 101 cm³/mol. The molecule has 0 unspecified atom stereocenters. The summed E-state index contributed by atoms with van der Waals surface area (Å²) in [7, 11) is 3.88. The average Bonchev–Trinajstić information content (AvgIpc) is 2.61. The van der Waals surface area contributed by atoms with Gasteiger partial charge in [0.1, 0.15) is 11.6 Å². The van der Waals surface area contributed by atoms with Crippen molar-refractivity contribution in [2.75, 3.05) is 24.3 Å². The Morgan fingerprint density at radius 3 is 2.68 bits per heavy atom. The molecule has 6 heteroatoms. The predicted octanol–water partition coefficient (Wildman–Crippen LogP) is 3.54. The van der Waals surface area contributed by atoms with Crippen molar-refractivity contribution in [3.63, 3.8) is 0 Å². The number of nitrogens with zero attached hydrogens (tertiary/aromatic N) is 2. The van der Waals surface area contributed by atoms with E-state index in [1.807, 2.05) is 67.5 Å². The van der Waals surface area contributed by atoms with Gasteiger partial charge in [0, 0.05) is 43.2 Å². The molecule has 25 heavy (non-hydrogen) atoms. The first-order valence-electron chi connectivity index (χ1n) is 7.67. The van der Waals surface area contributed by atoms with E-state index in [0.29, 0.717) is 5.02 Å². The van der Waals surface area contributed by atoms with Gasteiger partial charge in [-0.25, -0.2) is 0 Å². The van der Waals surface area contributed by atoms with E-state index in [1.165, 1.54) is 6.20 Å². The highest BCUT2D eigenvalue weighted by Gasteiger charge is 2.09. The molecule has 2 aromatic carbocycles. The third-order valence-electron chi connectivity index (χ3n) is 3.51. The smallest absolute Gasteiger partial charge is 0.263 e. The highest BCUT2D eigenvalue weighted by atomic mass is 35.5. The molecule has 0 aliphatic carbocycles. The summed E-state index contributed by atoms with van der Waals surface area (Å²) < 4.78 is 0. The molecule has 0 fully saturated rings. The second kappa shape index (κ2) is 8.76. The molecule has 0 bridgehead atoms. The van der Waals surface area contributed by atoms with Crippen LogP contribution in [0.4, 0.5) is 11.4 Å². The summed E-state index contributed by atoms with van der Waals surface area (Å²) in [5.41, 5.74) is 2.58. The summed E-state index contributed by atoms with van der Waals surface area (Å²) >= 11 is 6.06. The molecule has 0 aliphatic heterocycles. The van der Waals surface area contributed by atoms with Gasteiger partial charge < -0.3 is 15.5 Å². The fraction of sp³-hybridized carbons (Fsp3) is 0.158. The first kappa shape index (κ1) is 18.4. The highest BCUT2D eigenvalue weighted by Crippen LogP contribution is 2.17. The third kappa shape index (κ3) is 5.27. The van der Waals surface area contributed by atoms with Crippen LogP contribution in [0.15, 0.2) is 60.3 Å². The van der Waals surface area contributed by atoms with Gasteiger partial charge in [-0.05, 0) is 29.8 Å². The van der Waals surface area contributed by atoms with Gasteiger partial charge in [-0.2, -0.15) is 5.26 Å². The van der Waals surface area contributed by atoms with Crippen molar-refractivity contribution in [1.29, 1.82) is 5.26 Å². The van der Waals surface area contributed by atoms with Gasteiger partial charge in [-0.15, -0.1) is 0 Å². The van der Waals surface area contributed by atoms with Gasteiger partial charge >= 0.3 is 0 Å². The summed E-state index contributed by atoms with van der Waals surface area (Å²) in [4.78, 5) is 14.1. The van der Waals surface area contributed by atoms with Gasteiger partial charge in [0.15, 0.2) is 0 Å². The van der Waals surface area contributed by atoms with Crippen LogP contribution in [-0.2, 0) is 11.3 Å². The number of anilines is 2. The molecule has 2 aromatic rings. The van der Waals surface area contributed by atoms with Crippen LogP contribution in [0.2, 0.25) is 5.02 Å². The van der Waals surface area contributed by atoms with Crippen LogP contribution < -0.4 is 15.5 Å². The van der Waals surface area contributed by atoms with Gasteiger partial charge in [0.25, 0.3) is 5.91 Å². The van der Waals surface area contributed by atoms with Crippen LogP contribution in [0.5, 0.6) is 0 Å². The van der Waals surface area contributed by atoms with E-state index in [1.54, 1.807) is 6.07 Å². The summed E-state index contributed by atoms with van der Waals surface area (Å²) in [5.74, 6) is -0.460. The average molecular weight is 355 g/mol. The number of carbonyl (C=O) groups is 1. The van der Waals surface area contributed by atoms with Crippen molar-refractivity contribution in [3.05, 3.63) is 70.9 Å². The second-order valence-electron chi connectivity index (χ2n) is 5.53. The molecule has 0 aromatic heterocycles. The molecular weight excluding hydrogens is 336 g/mol. The molecule has 0 saturated carbocycles. The summed E-state index contributed by atoms with van der Waals surface area (Å²) in [6.45, 7) is 0.258. The number of hydrogen-bond donors (Lipinski definition) is 2. The van der Waals surface area contributed by atoms with E-state index in [2.05, 4.69) is 10.6 Å². The maximum atomic E-state index is 12.2. The molecule has 2 rings (SSSR count). The van der Waals surface area contributed by atoms with Crippen LogP contribution >= 0.6 is 11.6 Å². The molecule has 0 atom stereocenters. The summed E-state index contributed by atoms with van der Waals surface area (Å²) in [6.07, 6.45) is 1.40. The molecular formula is C19H19ClN4O. The quantitative estimate of drug-likeness (QED) is 0.615. The number of halogens is 1. The lowest BCUT2D eigenvalue weighted by Crippen LogP contribution is -2.24. The number of nitrogens with one attached hydrogen (secondary N) is 2. The molecule has 5 nitrogen and oxygen atoms in total. The Balaban J connectivity index is 2.02. The molecule has 1 amide bonds. The van der Waals surface area contributed by atoms with Crippen LogP contribution in [0, 0.1) is 11.3 Å². The van der Waals surface area contributed by atoms with Crippen molar-refractivity contribution in [3.8, 4) is 6.07 Å². The largest absolute Gasteiger partial charge is 0.378 e. The Kier molecular flexibility index (Phi) is 6.44. The Morgan fingerprint density at radius 2 is 2.00 bits per heavy atom. The molecule has 0 aliphatic rings. The SMILES string of the molecule is CN(C)c1cccc(N/C=C(/C#N)C(=O)NCc2ccccc2Cl)c1. The van der Waals surface area contributed by atoms with Gasteiger partial charge in [0.05, 0.1) is 0 Å². The molecule has 128 valence electrons. The van der Waals surface area contributed by atoms with E-state index in [9.17, 15) is 10.1 Å². The highest BCUT2D eigenvalue weighted by molar-refractivity contribution is 6.31. The minimum atomic E-state index is -0.460. The van der Waals surface area contributed by atoms with Crippen LogP contribution in [0.1, 0.15) is 5.56 Å². The lowest BCUT2D eigenvalue weighted by molar-refractivity contribution is -0.117. The van der Waals surface area contributed by atoms with Crippen molar-refractivity contribution in [2.24, 2.45) is 0 Å². The van der Waals surface area contributed by atoms with Crippen molar-refractivity contribution < 1.29 is 4.79 Å². The minimum absolute atomic E-state index is 0.0118. The third-order valence-corrected chi connectivity index (χ3v) is 3.88. The topological polar surface area (TPSA) is 68.2 Å². The zero-order valence-electron chi connectivity index (χ0n) is 14.1. The maximum Gasteiger partial charge on any atom is 0.263 e. The van der Waals surface area contributed by atoms with Gasteiger partial charge in [-0.1, -0.05) is 35.9 Å². The van der Waals surface area contributed by atoms with E-state index < -0.39 is 5.91 Å². The monoisotopic (exact) mass is 354 g/mol. The van der Waals surface area contributed by atoms with Crippen molar-refractivity contribution in [1.82, 2.24) is 5.32 Å². The van der Waals surface area contributed by atoms with Gasteiger partial charge in [0.2, 0.25) is 0 Å². The summed E-state index contributed by atoms with van der Waals surface area (Å²) in [6, 6.07) is 16.8. The molecule has 2 N–H and O–H groups in total. The maximum absolute atomic E-state index is 12.2. The minimum Gasteiger partial charge on any atom is -0.378 e. The number of hydrogen-bond acceptors (Lipinski definition) is 4. The normalized spacial score (nSPS) is 10.7. The first-order valence-corrected chi connectivity index (χ1v) is 8.05. The Bertz CT molecular complexity index is 824. The zero-order chi connectivity index (χ0) is 18.2. The standard InChI is InChI=1S/C19H19ClN4O/c1-24(2)17-8-5-7-16(10-17)22-13-15(11-21)19(25)23-12-14-6-3-4-9-18(14)20/h3-10,13,22H,12H2,1-2H3,(H,23,25)/b15-13-. The Morgan fingerprint density at radius 1 is 1.24 bits per heavy atom. The Labute approximate surface area is 152 Å². The van der Waals surface area contributed by atoms with E-state index in [0.717, 1.165) is 16.9 Å². The zero-order valence-corrected chi connectivity index (χ0v) is 14.8. The number of amides is 1. The fourth-order valence-electron chi connectivity index (χ4n) is 2.09. The van der Waals surface area contributed by atoms with Gasteiger partial charge in [-0.3, -0.25) is 4.79 Å². The molecule has 0 saturated heterocycles. The fourth-order valence-corrected chi connectivity index (χ4v) is 2.29. The van der Waals surface area contributed by atoms with Crippen molar-refractivity contribution >= 4 is 28.9 Å². The molecule has 0 radical (unpaired) electrons. The van der Waals surface area contributed by atoms with E-state index >= 15 is 0 Å². The Hall–Kier alpha value is -2.97. The second-order valence-corrected chi connectivity index (χ2v) is 5.94. The number of rotatable bonds is 6. The van der Waals surface area contributed by atoms with Crippen LogP contribution in [-0.4, -0.2) is 20.0 Å². The van der Waals surface area contributed by atoms with Crippen molar-refractivity contribution in [2.45, 2.75) is 6.54 Å².